The summed E-state index contributed by atoms with van der Waals surface area (Å²) in [6, 6.07) is 20.0. The Bertz CT molecular complexity index is 152. The molecule has 13 heavy (non-hydrogen) atoms. The van der Waals surface area contributed by atoms with Gasteiger partial charge in [-0.2, -0.15) is 36.4 Å². The molecule has 3 heteroatoms. The van der Waals surface area contributed by atoms with Crippen molar-refractivity contribution in [3.8, 4) is 0 Å². The zero-order valence-corrected chi connectivity index (χ0v) is 12.1. The molecular weight excluding hydrogens is 370 g/mol. The molecule has 0 amide bonds. The van der Waals surface area contributed by atoms with E-state index in [0.717, 1.165) is 0 Å². The summed E-state index contributed by atoms with van der Waals surface area (Å²) in [5, 5.41) is 0. The Morgan fingerprint density at radius 2 is 0.769 bits per heavy atom. The van der Waals surface area contributed by atoms with Gasteiger partial charge in [0.2, 0.25) is 0 Å². The number of rotatable bonds is 0. The Balaban J connectivity index is -0.000000125. The molecule has 0 heterocycles. The molecule has 0 aliphatic carbocycles. The predicted octanol–water partition coefficient (Wildman–Crippen LogP) is -3.18. The van der Waals surface area contributed by atoms with Crippen molar-refractivity contribution < 1.29 is 50.7 Å². The van der Waals surface area contributed by atoms with E-state index >= 15 is 0 Å². The Morgan fingerprint density at radius 1 is 0.538 bits per heavy atom. The van der Waals surface area contributed by atoms with Crippen molar-refractivity contribution in [2.24, 2.45) is 0 Å². The average Bonchev–Trinajstić information content (AvgIpc) is 2.67. The molecule has 0 nitrogen and oxygen atoms in total. The molecule has 68 valence electrons. The van der Waals surface area contributed by atoms with Gasteiger partial charge in [-0.15, -0.1) is 0 Å². The van der Waals surface area contributed by atoms with Crippen LogP contribution in [0.4, 0.5) is 0 Å². The largest absolute Gasteiger partial charge is 4.00 e. The van der Waals surface area contributed by atoms with Crippen molar-refractivity contribution in [3.05, 3.63) is 60.7 Å². The van der Waals surface area contributed by atoms with Gasteiger partial charge in [0, 0.05) is 0 Å². The van der Waals surface area contributed by atoms with Gasteiger partial charge in [-0.05, 0) is 0 Å². The minimum Gasteiger partial charge on any atom is -1.00 e. The first kappa shape index (κ1) is 18.8. The molecule has 0 atom stereocenters. The molecule has 0 aliphatic rings. The van der Waals surface area contributed by atoms with Gasteiger partial charge in [-0.25, -0.2) is 24.3 Å². The Labute approximate surface area is 111 Å². The van der Waals surface area contributed by atoms with Gasteiger partial charge in [0.25, 0.3) is 0 Å². The topological polar surface area (TPSA) is 0 Å². The molecule has 0 aromatic heterocycles. The molecule has 0 saturated heterocycles. The second-order valence-corrected chi connectivity index (χ2v) is 1.92. The third kappa shape index (κ3) is 12.2. The maximum absolute atomic E-state index is 2.00. The molecule has 0 saturated carbocycles. The molecule has 2 rings (SSSR count). The maximum Gasteiger partial charge on any atom is 4.00 e. The van der Waals surface area contributed by atoms with Gasteiger partial charge in [0.15, 0.2) is 0 Å². The van der Waals surface area contributed by atoms with Crippen molar-refractivity contribution >= 4 is 0 Å². The SMILES string of the molecule is [Cl-].[Cl-].[Hf+4].c1cc[cH-]c1.c1cc[cH-]c1. The van der Waals surface area contributed by atoms with Crippen LogP contribution in [0.3, 0.4) is 0 Å². The summed E-state index contributed by atoms with van der Waals surface area (Å²) < 4.78 is 0. The van der Waals surface area contributed by atoms with Crippen LogP contribution in [0.25, 0.3) is 0 Å². The van der Waals surface area contributed by atoms with Crippen molar-refractivity contribution in [2.45, 2.75) is 0 Å². The smallest absolute Gasteiger partial charge is 1.00 e. The van der Waals surface area contributed by atoms with Gasteiger partial charge in [0.1, 0.15) is 0 Å². The summed E-state index contributed by atoms with van der Waals surface area (Å²) in [6.07, 6.45) is 0. The number of hydrogen-bond acceptors (Lipinski definition) is 0. The van der Waals surface area contributed by atoms with E-state index in [9.17, 15) is 0 Å². The monoisotopic (exact) mass is 380 g/mol. The summed E-state index contributed by atoms with van der Waals surface area (Å²) in [6.45, 7) is 0. The Hall–Kier alpha value is 0.150. The Morgan fingerprint density at radius 3 is 0.846 bits per heavy atom. The molecule has 0 spiro atoms. The van der Waals surface area contributed by atoms with Gasteiger partial charge in [-0.1, -0.05) is 0 Å². The quantitative estimate of drug-likeness (QED) is 0.335. The van der Waals surface area contributed by atoms with Crippen molar-refractivity contribution in [1.82, 2.24) is 0 Å². The van der Waals surface area contributed by atoms with Crippen molar-refractivity contribution in [1.29, 1.82) is 0 Å². The summed E-state index contributed by atoms with van der Waals surface area (Å²) in [5.41, 5.74) is 0. The van der Waals surface area contributed by atoms with E-state index in [2.05, 4.69) is 0 Å². The molecule has 0 fully saturated rings. The van der Waals surface area contributed by atoms with Crippen molar-refractivity contribution in [2.75, 3.05) is 0 Å². The van der Waals surface area contributed by atoms with E-state index in [1.165, 1.54) is 0 Å². The van der Waals surface area contributed by atoms with Crippen LogP contribution in [-0.4, -0.2) is 0 Å². The second kappa shape index (κ2) is 14.7. The average molecular weight is 380 g/mol. The van der Waals surface area contributed by atoms with Crippen LogP contribution in [0.15, 0.2) is 60.7 Å². The van der Waals surface area contributed by atoms with E-state index in [1.807, 2.05) is 60.7 Å². The number of hydrogen-bond donors (Lipinski definition) is 0. The molecule has 2 aromatic rings. The number of halogens is 2. The van der Waals surface area contributed by atoms with Crippen LogP contribution in [0.2, 0.25) is 0 Å². The van der Waals surface area contributed by atoms with Crippen LogP contribution >= 0.6 is 0 Å². The zero-order valence-electron chi connectivity index (χ0n) is 7.03. The molecular formula is C10H10Cl2Hf. The first-order valence-electron chi connectivity index (χ1n) is 3.33. The maximum atomic E-state index is 2.00. The van der Waals surface area contributed by atoms with E-state index in [-0.39, 0.29) is 50.7 Å². The van der Waals surface area contributed by atoms with Crippen LogP contribution in [0, 0.1) is 0 Å². The third-order valence-corrected chi connectivity index (χ3v) is 1.11. The second-order valence-electron chi connectivity index (χ2n) is 1.92. The fraction of sp³-hybridized carbons (Fsp3) is 0. The van der Waals surface area contributed by atoms with E-state index in [0.29, 0.717) is 0 Å². The third-order valence-electron chi connectivity index (χ3n) is 1.11. The molecule has 0 bridgehead atoms. The summed E-state index contributed by atoms with van der Waals surface area (Å²) in [7, 11) is 0. The van der Waals surface area contributed by atoms with Gasteiger partial charge < -0.3 is 24.8 Å². The molecule has 2 aromatic carbocycles. The van der Waals surface area contributed by atoms with Crippen LogP contribution in [0.5, 0.6) is 0 Å². The molecule has 0 aliphatic heterocycles. The molecule has 0 N–H and O–H groups in total. The minimum absolute atomic E-state index is 0. The molecule has 0 radical (unpaired) electrons. The van der Waals surface area contributed by atoms with Gasteiger partial charge in [0.05, 0.1) is 0 Å². The first-order valence-corrected chi connectivity index (χ1v) is 3.33. The van der Waals surface area contributed by atoms with Gasteiger partial charge >= 0.3 is 25.8 Å². The van der Waals surface area contributed by atoms with Crippen LogP contribution in [-0.2, 0) is 25.8 Å². The summed E-state index contributed by atoms with van der Waals surface area (Å²) >= 11 is 0. The first-order chi connectivity index (χ1) is 5.00. The van der Waals surface area contributed by atoms with Crippen LogP contribution in [0.1, 0.15) is 0 Å². The summed E-state index contributed by atoms with van der Waals surface area (Å²) in [5.74, 6) is 0. The standard InChI is InChI=1S/2C5H5.2ClH.Hf/c2*1-2-4-5-3-1;;;/h2*1-5H;2*1H;/q2*-1;;;+4/p-2. The van der Waals surface area contributed by atoms with Crippen molar-refractivity contribution in [3.63, 3.8) is 0 Å². The molecule has 0 unspecified atom stereocenters. The predicted molar refractivity (Wildman–Crippen MR) is 44.1 cm³/mol. The van der Waals surface area contributed by atoms with Gasteiger partial charge in [-0.3, -0.25) is 0 Å². The van der Waals surface area contributed by atoms with E-state index < -0.39 is 0 Å². The summed E-state index contributed by atoms with van der Waals surface area (Å²) in [4.78, 5) is 0. The van der Waals surface area contributed by atoms with E-state index in [4.69, 9.17) is 0 Å². The fourth-order valence-corrected chi connectivity index (χ4v) is 0.642. The normalized spacial score (nSPS) is 6.15. The minimum atomic E-state index is 0. The zero-order chi connectivity index (χ0) is 7.07. The van der Waals surface area contributed by atoms with Crippen LogP contribution < -0.4 is 24.8 Å². The van der Waals surface area contributed by atoms with E-state index in [1.54, 1.807) is 0 Å². The fourth-order valence-electron chi connectivity index (χ4n) is 0.642. The Kier molecular flexibility index (Phi) is 21.3.